The normalized spacial score (nSPS) is 15.4. The van der Waals surface area contributed by atoms with Gasteiger partial charge in [0.1, 0.15) is 13.5 Å². The van der Waals surface area contributed by atoms with E-state index in [9.17, 15) is 0 Å². The molecule has 2 heterocycles. The molecule has 0 aliphatic carbocycles. The van der Waals surface area contributed by atoms with E-state index in [-0.39, 0.29) is 0 Å². The van der Waals surface area contributed by atoms with Crippen LogP contribution < -0.4 is 0 Å². The van der Waals surface area contributed by atoms with Gasteiger partial charge in [0.2, 0.25) is 0 Å². The van der Waals surface area contributed by atoms with Crippen LogP contribution in [0.25, 0.3) is 11.0 Å². The van der Waals surface area contributed by atoms with Crippen LogP contribution in [0.5, 0.6) is 0 Å². The molecular formula is C10H9N3O. The minimum absolute atomic E-state index is 0.414. The standard InChI is InChI=1S/C10H9N3O/c1-2-4-9-8(3-1)12-10-5-11-6-14-7-13(9)10/h1-5H,6-7H2. The third-order valence-corrected chi connectivity index (χ3v) is 2.28. The van der Waals surface area contributed by atoms with Gasteiger partial charge in [-0.1, -0.05) is 12.1 Å². The second-order valence-corrected chi connectivity index (χ2v) is 3.16. The lowest BCUT2D eigenvalue weighted by atomic mass is 10.3. The first-order valence-electron chi connectivity index (χ1n) is 4.48. The van der Waals surface area contributed by atoms with Gasteiger partial charge in [0.05, 0.1) is 17.2 Å². The Morgan fingerprint density at radius 1 is 1.29 bits per heavy atom. The predicted molar refractivity (Wildman–Crippen MR) is 53.3 cm³/mol. The smallest absolute Gasteiger partial charge is 0.153 e. The summed E-state index contributed by atoms with van der Waals surface area (Å²) in [4.78, 5) is 8.52. The first-order valence-corrected chi connectivity index (χ1v) is 4.48. The number of hydrogen-bond donors (Lipinski definition) is 0. The molecular weight excluding hydrogens is 178 g/mol. The molecule has 4 heteroatoms. The van der Waals surface area contributed by atoms with Crippen LogP contribution in [0.2, 0.25) is 0 Å². The van der Waals surface area contributed by atoms with Crippen LogP contribution >= 0.6 is 0 Å². The first-order chi connectivity index (χ1) is 6.95. The average molecular weight is 187 g/mol. The zero-order chi connectivity index (χ0) is 9.38. The molecule has 2 aromatic rings. The number of aliphatic imine (C=N–C) groups is 1. The Kier molecular flexibility index (Phi) is 1.61. The fraction of sp³-hybridized carbons (Fsp3) is 0.200. The molecule has 0 saturated heterocycles. The van der Waals surface area contributed by atoms with E-state index in [1.165, 1.54) is 0 Å². The summed E-state index contributed by atoms with van der Waals surface area (Å²) in [6, 6.07) is 8.01. The third kappa shape index (κ3) is 1.04. The number of imidazole rings is 1. The molecule has 0 N–H and O–H groups in total. The van der Waals surface area contributed by atoms with Crippen LogP contribution in [0.3, 0.4) is 0 Å². The summed E-state index contributed by atoms with van der Waals surface area (Å²) in [6.07, 6.45) is 1.76. The second kappa shape index (κ2) is 2.92. The molecule has 4 nitrogen and oxygen atoms in total. The molecule has 3 rings (SSSR count). The highest BCUT2D eigenvalue weighted by molar-refractivity contribution is 5.85. The second-order valence-electron chi connectivity index (χ2n) is 3.16. The highest BCUT2D eigenvalue weighted by atomic mass is 16.5. The molecule has 0 radical (unpaired) electrons. The van der Waals surface area contributed by atoms with Gasteiger partial charge in [-0.05, 0) is 12.1 Å². The largest absolute Gasteiger partial charge is 0.339 e. The Morgan fingerprint density at radius 2 is 2.21 bits per heavy atom. The van der Waals surface area contributed by atoms with Gasteiger partial charge < -0.3 is 4.74 Å². The highest BCUT2D eigenvalue weighted by Gasteiger charge is 2.09. The van der Waals surface area contributed by atoms with E-state index in [1.54, 1.807) is 6.21 Å². The Morgan fingerprint density at radius 3 is 3.21 bits per heavy atom. The molecule has 70 valence electrons. The molecule has 1 aliphatic rings. The third-order valence-electron chi connectivity index (χ3n) is 2.28. The van der Waals surface area contributed by atoms with Crippen molar-refractivity contribution >= 4 is 17.2 Å². The number of ether oxygens (including phenoxy) is 1. The number of rotatable bonds is 0. The van der Waals surface area contributed by atoms with Crippen molar-refractivity contribution in [3.8, 4) is 0 Å². The van der Waals surface area contributed by atoms with Crippen LogP contribution in [-0.2, 0) is 11.5 Å². The predicted octanol–water partition coefficient (Wildman–Crippen LogP) is 1.40. The van der Waals surface area contributed by atoms with Crippen molar-refractivity contribution in [2.24, 2.45) is 4.99 Å². The molecule has 1 aromatic heterocycles. The van der Waals surface area contributed by atoms with Crippen molar-refractivity contribution in [2.75, 3.05) is 6.73 Å². The average Bonchev–Trinajstić information content (AvgIpc) is 2.42. The van der Waals surface area contributed by atoms with Crippen LogP contribution in [-0.4, -0.2) is 22.5 Å². The van der Waals surface area contributed by atoms with E-state index in [0.717, 1.165) is 16.9 Å². The molecule has 0 atom stereocenters. The van der Waals surface area contributed by atoms with Gasteiger partial charge in [-0.15, -0.1) is 0 Å². The van der Waals surface area contributed by atoms with Crippen molar-refractivity contribution < 1.29 is 4.74 Å². The fourth-order valence-electron chi connectivity index (χ4n) is 1.63. The van der Waals surface area contributed by atoms with Crippen molar-refractivity contribution in [1.29, 1.82) is 0 Å². The minimum atomic E-state index is 0.414. The lowest BCUT2D eigenvalue weighted by molar-refractivity contribution is 0.0892. The Bertz CT molecular complexity index is 501. The van der Waals surface area contributed by atoms with E-state index in [4.69, 9.17) is 4.74 Å². The molecule has 1 aromatic carbocycles. The number of para-hydroxylation sites is 2. The van der Waals surface area contributed by atoms with Gasteiger partial charge in [-0.25, -0.2) is 4.98 Å². The Balaban J connectivity index is 2.33. The summed E-state index contributed by atoms with van der Waals surface area (Å²) in [5.41, 5.74) is 2.08. The van der Waals surface area contributed by atoms with Crippen molar-refractivity contribution in [2.45, 2.75) is 6.73 Å². The van der Waals surface area contributed by atoms with Crippen LogP contribution in [0.1, 0.15) is 5.82 Å². The molecule has 0 bridgehead atoms. The number of aromatic nitrogens is 2. The fourth-order valence-corrected chi connectivity index (χ4v) is 1.63. The Hall–Kier alpha value is -1.68. The molecule has 0 fully saturated rings. The van der Waals surface area contributed by atoms with Gasteiger partial charge >= 0.3 is 0 Å². The molecule has 14 heavy (non-hydrogen) atoms. The quantitative estimate of drug-likeness (QED) is 0.625. The molecule has 0 unspecified atom stereocenters. The zero-order valence-corrected chi connectivity index (χ0v) is 7.55. The van der Waals surface area contributed by atoms with Crippen molar-refractivity contribution in [3.05, 3.63) is 30.1 Å². The van der Waals surface area contributed by atoms with E-state index in [2.05, 4.69) is 9.98 Å². The molecule has 1 aliphatic heterocycles. The van der Waals surface area contributed by atoms with Crippen LogP contribution in [0.15, 0.2) is 29.3 Å². The maximum absolute atomic E-state index is 5.31. The summed E-state index contributed by atoms with van der Waals surface area (Å²) in [5.74, 6) is 0.865. The van der Waals surface area contributed by atoms with Gasteiger partial charge in [0, 0.05) is 0 Å². The zero-order valence-electron chi connectivity index (χ0n) is 7.55. The summed E-state index contributed by atoms with van der Waals surface area (Å²) in [6.45, 7) is 0.938. The first kappa shape index (κ1) is 7.70. The topological polar surface area (TPSA) is 39.4 Å². The summed E-state index contributed by atoms with van der Waals surface area (Å²) in [5, 5.41) is 0. The molecule has 0 saturated carbocycles. The SMILES string of the molecule is C1=NCOCn2c1nc1ccccc12. The van der Waals surface area contributed by atoms with Gasteiger partial charge in [0.15, 0.2) is 5.82 Å². The monoisotopic (exact) mass is 187 g/mol. The lowest BCUT2D eigenvalue weighted by Crippen LogP contribution is -2.02. The number of hydrogen-bond acceptors (Lipinski definition) is 3. The van der Waals surface area contributed by atoms with E-state index in [1.807, 2.05) is 28.8 Å². The molecule has 0 amide bonds. The van der Waals surface area contributed by atoms with E-state index >= 15 is 0 Å². The lowest BCUT2D eigenvalue weighted by Gasteiger charge is -2.02. The van der Waals surface area contributed by atoms with Gasteiger partial charge in [0.25, 0.3) is 0 Å². The highest BCUT2D eigenvalue weighted by Crippen LogP contribution is 2.15. The van der Waals surface area contributed by atoms with E-state index < -0.39 is 0 Å². The number of fused-ring (bicyclic) bond motifs is 3. The Labute approximate surface area is 80.8 Å². The minimum Gasteiger partial charge on any atom is -0.339 e. The van der Waals surface area contributed by atoms with Crippen LogP contribution in [0.4, 0.5) is 0 Å². The van der Waals surface area contributed by atoms with Gasteiger partial charge in [-0.2, -0.15) is 0 Å². The summed E-state index contributed by atoms with van der Waals surface area (Å²) < 4.78 is 7.33. The maximum atomic E-state index is 5.31. The summed E-state index contributed by atoms with van der Waals surface area (Å²) in [7, 11) is 0. The van der Waals surface area contributed by atoms with Crippen molar-refractivity contribution in [3.63, 3.8) is 0 Å². The maximum Gasteiger partial charge on any atom is 0.153 e. The van der Waals surface area contributed by atoms with Gasteiger partial charge in [-0.3, -0.25) is 9.56 Å². The number of benzene rings is 1. The summed E-state index contributed by atoms with van der Waals surface area (Å²) >= 11 is 0. The van der Waals surface area contributed by atoms with E-state index in [0.29, 0.717) is 13.5 Å². The molecule has 0 spiro atoms. The van der Waals surface area contributed by atoms with Crippen molar-refractivity contribution in [1.82, 2.24) is 9.55 Å². The van der Waals surface area contributed by atoms with Crippen LogP contribution in [0, 0.1) is 0 Å². The number of nitrogens with zero attached hydrogens (tertiary/aromatic N) is 3.